The van der Waals surface area contributed by atoms with E-state index in [1.54, 1.807) is 0 Å². The van der Waals surface area contributed by atoms with Crippen molar-refractivity contribution in [2.75, 3.05) is 0 Å². The minimum atomic E-state index is -0.152. The molecule has 4 rings (SSSR count). The molecular weight excluding hydrogens is 314 g/mol. The number of rotatable bonds is 5. The Hall–Kier alpha value is -2.95. The fraction of sp³-hybridized carbons (Fsp3) is 0.250. The van der Waals surface area contributed by atoms with Crippen LogP contribution in [0, 0.1) is 0 Å². The van der Waals surface area contributed by atoms with Gasteiger partial charge < -0.3 is 9.84 Å². The number of carbonyl (C=O) groups excluding carboxylic acids is 1. The third-order valence-electron chi connectivity index (χ3n) is 4.57. The SMILES string of the molecule is O=C1CCC(c2nc(CC(c3ccccc3)c3ccccc3)no2)N1. The summed E-state index contributed by atoms with van der Waals surface area (Å²) in [6.45, 7) is 0. The zero-order valence-electron chi connectivity index (χ0n) is 13.8. The van der Waals surface area contributed by atoms with Crippen LogP contribution in [-0.2, 0) is 11.2 Å². The molecular formula is C20H19N3O2. The van der Waals surface area contributed by atoms with Crippen LogP contribution < -0.4 is 5.32 Å². The molecule has 1 atom stereocenters. The molecule has 126 valence electrons. The van der Waals surface area contributed by atoms with Crippen molar-refractivity contribution in [2.24, 2.45) is 0 Å². The summed E-state index contributed by atoms with van der Waals surface area (Å²) < 4.78 is 5.39. The minimum absolute atomic E-state index is 0.0381. The molecule has 0 aliphatic carbocycles. The van der Waals surface area contributed by atoms with Crippen LogP contribution in [0.2, 0.25) is 0 Å². The zero-order valence-corrected chi connectivity index (χ0v) is 13.8. The molecule has 2 heterocycles. The average molecular weight is 333 g/mol. The van der Waals surface area contributed by atoms with Crippen LogP contribution in [0.4, 0.5) is 0 Å². The second kappa shape index (κ2) is 6.89. The van der Waals surface area contributed by atoms with Crippen LogP contribution in [-0.4, -0.2) is 16.0 Å². The Kier molecular flexibility index (Phi) is 4.29. The molecule has 1 saturated heterocycles. The number of benzene rings is 2. The average Bonchev–Trinajstić information content (AvgIpc) is 3.30. The quantitative estimate of drug-likeness (QED) is 0.777. The van der Waals surface area contributed by atoms with E-state index in [4.69, 9.17) is 4.52 Å². The lowest BCUT2D eigenvalue weighted by Gasteiger charge is -2.16. The Morgan fingerprint density at radius 3 is 2.24 bits per heavy atom. The van der Waals surface area contributed by atoms with Gasteiger partial charge in [0.2, 0.25) is 11.8 Å². The van der Waals surface area contributed by atoms with Crippen molar-refractivity contribution in [1.82, 2.24) is 15.5 Å². The van der Waals surface area contributed by atoms with Gasteiger partial charge in [-0.1, -0.05) is 65.8 Å². The minimum Gasteiger partial charge on any atom is -0.344 e. The number of hydrogen-bond acceptors (Lipinski definition) is 4. The standard InChI is InChI=1S/C20H19N3O2/c24-19-12-11-17(21-19)20-22-18(23-25-20)13-16(14-7-3-1-4-8-14)15-9-5-2-6-10-15/h1-10,16-17H,11-13H2,(H,21,24). The third kappa shape index (κ3) is 3.45. The van der Waals surface area contributed by atoms with E-state index >= 15 is 0 Å². The van der Waals surface area contributed by atoms with E-state index in [1.807, 2.05) is 36.4 Å². The lowest BCUT2D eigenvalue weighted by atomic mass is 9.88. The van der Waals surface area contributed by atoms with Gasteiger partial charge in [-0.2, -0.15) is 4.98 Å². The number of aromatic nitrogens is 2. The molecule has 0 saturated carbocycles. The highest BCUT2D eigenvalue weighted by Crippen LogP contribution is 2.29. The molecule has 0 bridgehead atoms. The Labute approximate surface area is 146 Å². The van der Waals surface area contributed by atoms with E-state index in [0.717, 1.165) is 0 Å². The smallest absolute Gasteiger partial charge is 0.249 e. The van der Waals surface area contributed by atoms with E-state index in [0.29, 0.717) is 31.0 Å². The lowest BCUT2D eigenvalue weighted by molar-refractivity contribution is -0.119. The summed E-state index contributed by atoms with van der Waals surface area (Å²) in [5.74, 6) is 1.36. The predicted molar refractivity (Wildman–Crippen MR) is 92.8 cm³/mol. The predicted octanol–water partition coefficient (Wildman–Crippen LogP) is 3.40. The summed E-state index contributed by atoms with van der Waals surface area (Å²) in [6.07, 6.45) is 1.87. The highest BCUT2D eigenvalue weighted by molar-refractivity contribution is 5.78. The topological polar surface area (TPSA) is 68.0 Å². The molecule has 0 radical (unpaired) electrons. The van der Waals surface area contributed by atoms with E-state index in [2.05, 4.69) is 39.7 Å². The fourth-order valence-corrected chi connectivity index (χ4v) is 3.27. The van der Waals surface area contributed by atoms with Gasteiger partial charge in [0, 0.05) is 18.8 Å². The normalized spacial score (nSPS) is 17.0. The first-order valence-corrected chi connectivity index (χ1v) is 8.51. The highest BCUT2D eigenvalue weighted by atomic mass is 16.5. The molecule has 5 heteroatoms. The zero-order chi connectivity index (χ0) is 17.1. The molecule has 1 fully saturated rings. The summed E-state index contributed by atoms with van der Waals surface area (Å²) in [6, 6.07) is 20.5. The van der Waals surface area contributed by atoms with Gasteiger partial charge in [-0.3, -0.25) is 4.79 Å². The first-order chi connectivity index (χ1) is 12.3. The monoisotopic (exact) mass is 333 g/mol. The molecule has 1 unspecified atom stereocenters. The molecule has 1 amide bonds. The summed E-state index contributed by atoms with van der Waals surface area (Å²) in [4.78, 5) is 15.9. The Bertz CT molecular complexity index is 806. The first kappa shape index (κ1) is 15.6. The summed E-state index contributed by atoms with van der Waals surface area (Å²) >= 11 is 0. The number of nitrogens with zero attached hydrogens (tertiary/aromatic N) is 2. The highest BCUT2D eigenvalue weighted by Gasteiger charge is 2.28. The number of hydrogen-bond donors (Lipinski definition) is 1. The van der Waals surface area contributed by atoms with Crippen LogP contribution in [0.5, 0.6) is 0 Å². The second-order valence-corrected chi connectivity index (χ2v) is 6.29. The molecule has 0 spiro atoms. The lowest BCUT2D eigenvalue weighted by Crippen LogP contribution is -2.18. The molecule has 1 aromatic heterocycles. The van der Waals surface area contributed by atoms with Gasteiger partial charge in [-0.15, -0.1) is 0 Å². The van der Waals surface area contributed by atoms with Crippen LogP contribution >= 0.6 is 0 Å². The van der Waals surface area contributed by atoms with Gasteiger partial charge in [0.15, 0.2) is 5.82 Å². The Morgan fingerprint density at radius 2 is 1.68 bits per heavy atom. The van der Waals surface area contributed by atoms with Crippen molar-refractivity contribution in [3.63, 3.8) is 0 Å². The van der Waals surface area contributed by atoms with Crippen LogP contribution in [0.25, 0.3) is 0 Å². The third-order valence-corrected chi connectivity index (χ3v) is 4.57. The summed E-state index contributed by atoms with van der Waals surface area (Å²) in [7, 11) is 0. The Balaban J connectivity index is 1.59. The van der Waals surface area contributed by atoms with Crippen molar-refractivity contribution >= 4 is 5.91 Å². The molecule has 3 aromatic rings. The van der Waals surface area contributed by atoms with Gasteiger partial charge in [-0.05, 0) is 17.5 Å². The van der Waals surface area contributed by atoms with Gasteiger partial charge in [0.05, 0.1) is 0 Å². The molecule has 2 aromatic carbocycles. The van der Waals surface area contributed by atoms with Crippen molar-refractivity contribution in [2.45, 2.75) is 31.2 Å². The largest absolute Gasteiger partial charge is 0.344 e. The molecule has 25 heavy (non-hydrogen) atoms. The van der Waals surface area contributed by atoms with E-state index in [1.165, 1.54) is 11.1 Å². The first-order valence-electron chi connectivity index (χ1n) is 8.51. The summed E-state index contributed by atoms with van der Waals surface area (Å²) in [5.41, 5.74) is 2.43. The second-order valence-electron chi connectivity index (χ2n) is 6.29. The maximum atomic E-state index is 11.4. The maximum absolute atomic E-state index is 11.4. The molecule has 5 nitrogen and oxygen atoms in total. The van der Waals surface area contributed by atoms with Crippen LogP contribution in [0.15, 0.2) is 65.2 Å². The molecule has 1 aliphatic heterocycles. The summed E-state index contributed by atoms with van der Waals surface area (Å²) in [5, 5.41) is 7.00. The molecule has 1 N–H and O–H groups in total. The number of carbonyl (C=O) groups is 1. The van der Waals surface area contributed by atoms with Crippen molar-refractivity contribution in [3.05, 3.63) is 83.5 Å². The van der Waals surface area contributed by atoms with E-state index < -0.39 is 0 Å². The van der Waals surface area contributed by atoms with E-state index in [-0.39, 0.29) is 17.9 Å². The van der Waals surface area contributed by atoms with Gasteiger partial charge >= 0.3 is 0 Å². The van der Waals surface area contributed by atoms with Gasteiger partial charge in [-0.25, -0.2) is 0 Å². The Morgan fingerprint density at radius 1 is 1.04 bits per heavy atom. The number of amides is 1. The van der Waals surface area contributed by atoms with E-state index in [9.17, 15) is 4.79 Å². The number of nitrogens with one attached hydrogen (secondary N) is 1. The maximum Gasteiger partial charge on any atom is 0.249 e. The van der Waals surface area contributed by atoms with Crippen molar-refractivity contribution in [1.29, 1.82) is 0 Å². The van der Waals surface area contributed by atoms with Crippen LogP contribution in [0.3, 0.4) is 0 Å². The van der Waals surface area contributed by atoms with Crippen molar-refractivity contribution < 1.29 is 9.32 Å². The van der Waals surface area contributed by atoms with Gasteiger partial charge in [0.1, 0.15) is 6.04 Å². The fourth-order valence-electron chi connectivity index (χ4n) is 3.27. The molecule has 1 aliphatic rings. The van der Waals surface area contributed by atoms with Crippen molar-refractivity contribution in [3.8, 4) is 0 Å². The van der Waals surface area contributed by atoms with Gasteiger partial charge in [0.25, 0.3) is 0 Å². The van der Waals surface area contributed by atoms with Crippen LogP contribution in [0.1, 0.15) is 47.6 Å².